The molecule has 0 bridgehead atoms. The Morgan fingerprint density at radius 3 is 2.90 bits per heavy atom. The van der Waals surface area contributed by atoms with Crippen LogP contribution in [0.3, 0.4) is 0 Å². The van der Waals surface area contributed by atoms with Crippen LogP contribution < -0.4 is 10.6 Å². The molecule has 1 aliphatic rings. The van der Waals surface area contributed by atoms with Gasteiger partial charge in [0.05, 0.1) is 23.7 Å². The first kappa shape index (κ1) is 17.3. The van der Waals surface area contributed by atoms with E-state index in [-0.39, 0.29) is 35.8 Å². The Morgan fingerprint density at radius 2 is 2.30 bits per heavy atom. The molecule has 0 aromatic carbocycles. The van der Waals surface area contributed by atoms with Crippen LogP contribution in [0, 0.1) is 5.82 Å². The Kier molecular flexibility index (Phi) is 5.88. The van der Waals surface area contributed by atoms with E-state index in [4.69, 9.17) is 11.6 Å². The van der Waals surface area contributed by atoms with Gasteiger partial charge in [-0.05, 0) is 13.0 Å². The van der Waals surface area contributed by atoms with Crippen molar-refractivity contribution in [3.63, 3.8) is 0 Å². The van der Waals surface area contributed by atoms with Crippen LogP contribution in [0.15, 0.2) is 12.3 Å². The summed E-state index contributed by atoms with van der Waals surface area (Å²) >= 11 is 5.57. The molecule has 1 saturated heterocycles. The highest BCUT2D eigenvalue weighted by Crippen LogP contribution is 2.23. The molecule has 20 heavy (non-hydrogen) atoms. The molecule has 0 spiro atoms. The number of nitrogens with zero attached hydrogens (tertiary/aromatic N) is 1. The fourth-order valence-electron chi connectivity index (χ4n) is 1.80. The zero-order chi connectivity index (χ0) is 14.0. The molecule has 2 atom stereocenters. The van der Waals surface area contributed by atoms with Crippen LogP contribution in [0.2, 0.25) is 5.02 Å². The second-order valence-corrected chi connectivity index (χ2v) is 4.75. The van der Waals surface area contributed by atoms with E-state index in [2.05, 4.69) is 20.4 Å². The van der Waals surface area contributed by atoms with Crippen LogP contribution in [0.5, 0.6) is 0 Å². The van der Waals surface area contributed by atoms with Gasteiger partial charge >= 0.3 is 6.11 Å². The lowest BCUT2D eigenvalue weighted by molar-refractivity contribution is -0.278. The van der Waals surface area contributed by atoms with E-state index in [1.165, 1.54) is 13.1 Å². The van der Waals surface area contributed by atoms with Gasteiger partial charge in [0, 0.05) is 12.7 Å². The van der Waals surface area contributed by atoms with Gasteiger partial charge < -0.3 is 15.4 Å². The molecule has 0 amide bonds. The topological polar surface area (TPSA) is 46.2 Å². The van der Waals surface area contributed by atoms with E-state index in [0.29, 0.717) is 0 Å². The standard InChI is InChI=1S/C11H13ClF3N3O.ClH/c1-6-9(18-5-11(14,15)19-6)4-17-10-8(13)2-7(12)3-16-10;/h2-3,6,9,18H,4-5H2,1H3,(H,16,17);1H/t6-,9+;/m0./s1. The second-order valence-electron chi connectivity index (χ2n) is 4.31. The number of nitrogens with one attached hydrogen (secondary N) is 2. The second kappa shape index (κ2) is 6.80. The highest BCUT2D eigenvalue weighted by atomic mass is 35.5. The maximum Gasteiger partial charge on any atom is 0.368 e. The highest BCUT2D eigenvalue weighted by molar-refractivity contribution is 6.30. The van der Waals surface area contributed by atoms with E-state index in [0.717, 1.165) is 6.07 Å². The summed E-state index contributed by atoms with van der Waals surface area (Å²) in [4.78, 5) is 3.78. The van der Waals surface area contributed by atoms with Crippen LogP contribution in [-0.4, -0.2) is 36.3 Å². The minimum atomic E-state index is -3.17. The fraction of sp³-hybridized carbons (Fsp3) is 0.545. The lowest BCUT2D eigenvalue weighted by atomic mass is 10.1. The van der Waals surface area contributed by atoms with Crippen LogP contribution in [-0.2, 0) is 4.74 Å². The lowest BCUT2D eigenvalue weighted by Gasteiger charge is -2.35. The minimum Gasteiger partial charge on any atom is -0.366 e. The Labute approximate surface area is 125 Å². The van der Waals surface area contributed by atoms with Gasteiger partial charge in [0.1, 0.15) is 0 Å². The molecule has 0 radical (unpaired) electrons. The summed E-state index contributed by atoms with van der Waals surface area (Å²) in [7, 11) is 0. The third-order valence-corrected chi connectivity index (χ3v) is 3.00. The first-order valence-electron chi connectivity index (χ1n) is 5.71. The van der Waals surface area contributed by atoms with Crippen LogP contribution in [0.1, 0.15) is 6.92 Å². The molecule has 1 aliphatic heterocycles. The van der Waals surface area contributed by atoms with Crippen LogP contribution in [0.4, 0.5) is 19.0 Å². The normalized spacial score (nSPS) is 24.9. The van der Waals surface area contributed by atoms with Crippen molar-refractivity contribution in [2.24, 2.45) is 0 Å². The molecule has 2 N–H and O–H groups in total. The molecule has 2 heterocycles. The molecule has 0 aliphatic carbocycles. The van der Waals surface area contributed by atoms with Crippen molar-refractivity contribution in [2.75, 3.05) is 18.4 Å². The van der Waals surface area contributed by atoms with E-state index >= 15 is 0 Å². The summed E-state index contributed by atoms with van der Waals surface area (Å²) in [5, 5.41) is 5.57. The number of hydrogen-bond donors (Lipinski definition) is 2. The summed E-state index contributed by atoms with van der Waals surface area (Å²) in [6.45, 7) is 1.17. The molecule has 4 nitrogen and oxygen atoms in total. The van der Waals surface area contributed by atoms with E-state index in [1.54, 1.807) is 0 Å². The molecule has 1 fully saturated rings. The van der Waals surface area contributed by atoms with Crippen molar-refractivity contribution >= 4 is 29.8 Å². The number of anilines is 1. The van der Waals surface area contributed by atoms with Gasteiger partial charge in [-0.3, -0.25) is 0 Å². The van der Waals surface area contributed by atoms with Gasteiger partial charge in [-0.25, -0.2) is 9.37 Å². The molecular formula is C11H14Cl2F3N3O. The van der Waals surface area contributed by atoms with Gasteiger partial charge in [0.25, 0.3) is 0 Å². The number of hydrogen-bond acceptors (Lipinski definition) is 4. The van der Waals surface area contributed by atoms with E-state index in [1.807, 2.05) is 0 Å². The van der Waals surface area contributed by atoms with Crippen LogP contribution in [0.25, 0.3) is 0 Å². The predicted molar refractivity (Wildman–Crippen MR) is 72.2 cm³/mol. The summed E-state index contributed by atoms with van der Waals surface area (Å²) in [6, 6.07) is 0.760. The number of ether oxygens (including phenoxy) is 1. The molecule has 1 aromatic rings. The Bertz CT molecular complexity index is 465. The first-order valence-corrected chi connectivity index (χ1v) is 6.09. The van der Waals surface area contributed by atoms with Crippen molar-refractivity contribution in [1.82, 2.24) is 10.3 Å². The molecule has 114 valence electrons. The number of halogens is 5. The molecule has 9 heteroatoms. The zero-order valence-corrected chi connectivity index (χ0v) is 12.1. The Hall–Kier alpha value is -0.760. The summed E-state index contributed by atoms with van der Waals surface area (Å²) in [6.07, 6.45) is -2.57. The Morgan fingerprint density at radius 1 is 1.60 bits per heavy atom. The maximum absolute atomic E-state index is 13.4. The molecular weight excluding hydrogens is 318 g/mol. The van der Waals surface area contributed by atoms with Gasteiger partial charge in [-0.1, -0.05) is 11.6 Å². The summed E-state index contributed by atoms with van der Waals surface area (Å²) in [5.41, 5.74) is 0. The monoisotopic (exact) mass is 331 g/mol. The molecule has 2 rings (SSSR count). The minimum absolute atomic E-state index is 0. The van der Waals surface area contributed by atoms with Crippen molar-refractivity contribution in [1.29, 1.82) is 0 Å². The smallest absolute Gasteiger partial charge is 0.366 e. The first-order chi connectivity index (χ1) is 8.87. The van der Waals surface area contributed by atoms with Crippen LogP contribution >= 0.6 is 24.0 Å². The molecule has 1 aromatic heterocycles. The SMILES string of the molecule is C[C@@H]1OC(F)(F)CN[C@@H]1CNc1ncc(Cl)cc1F.Cl. The van der Waals surface area contributed by atoms with Gasteiger partial charge in [0.2, 0.25) is 0 Å². The lowest BCUT2D eigenvalue weighted by Crippen LogP contribution is -2.57. The average molecular weight is 332 g/mol. The van der Waals surface area contributed by atoms with Gasteiger partial charge in [0.15, 0.2) is 11.6 Å². The highest BCUT2D eigenvalue weighted by Gasteiger charge is 2.40. The fourth-order valence-corrected chi connectivity index (χ4v) is 1.95. The zero-order valence-electron chi connectivity index (χ0n) is 10.5. The largest absolute Gasteiger partial charge is 0.368 e. The predicted octanol–water partition coefficient (Wildman–Crippen LogP) is 2.68. The quantitative estimate of drug-likeness (QED) is 0.893. The number of alkyl halides is 2. The van der Waals surface area contributed by atoms with Crippen molar-refractivity contribution in [3.05, 3.63) is 23.1 Å². The van der Waals surface area contributed by atoms with Gasteiger partial charge in [-0.15, -0.1) is 12.4 Å². The van der Waals surface area contributed by atoms with Crippen molar-refractivity contribution in [2.45, 2.75) is 25.2 Å². The third kappa shape index (κ3) is 4.37. The van der Waals surface area contributed by atoms with Gasteiger partial charge in [-0.2, -0.15) is 8.78 Å². The summed E-state index contributed by atoms with van der Waals surface area (Å²) in [5.74, 6) is -0.571. The van der Waals surface area contributed by atoms with E-state index in [9.17, 15) is 13.2 Å². The number of morpholine rings is 1. The number of rotatable bonds is 3. The molecule has 0 unspecified atom stereocenters. The summed E-state index contributed by atoms with van der Waals surface area (Å²) < 4.78 is 43.8. The maximum atomic E-state index is 13.4. The third-order valence-electron chi connectivity index (χ3n) is 2.79. The van der Waals surface area contributed by atoms with Crippen molar-refractivity contribution in [3.8, 4) is 0 Å². The van der Waals surface area contributed by atoms with E-state index < -0.39 is 24.6 Å². The molecule has 0 saturated carbocycles. The number of pyridine rings is 1. The number of aromatic nitrogens is 1. The Balaban J connectivity index is 0.00000200. The van der Waals surface area contributed by atoms with Crippen molar-refractivity contribution < 1.29 is 17.9 Å². The average Bonchev–Trinajstić information content (AvgIpc) is 2.29.